The van der Waals surface area contributed by atoms with Crippen molar-refractivity contribution in [1.29, 1.82) is 0 Å². The number of likely N-dealkylation sites (tertiary alicyclic amines) is 2. The molecule has 2 aliphatic rings. The normalized spacial score (nSPS) is 27.3. The summed E-state index contributed by atoms with van der Waals surface area (Å²) < 4.78 is 5.41. The first-order chi connectivity index (χ1) is 10.1. The molecule has 2 saturated heterocycles. The van der Waals surface area contributed by atoms with Gasteiger partial charge in [0, 0.05) is 25.2 Å². The molecule has 3 rings (SSSR count). The minimum atomic E-state index is 0.345. The van der Waals surface area contributed by atoms with Gasteiger partial charge >= 0.3 is 0 Å². The molecule has 0 amide bonds. The van der Waals surface area contributed by atoms with Crippen LogP contribution in [-0.4, -0.2) is 55.2 Å². The minimum absolute atomic E-state index is 0.345. The molecule has 0 radical (unpaired) electrons. The van der Waals surface area contributed by atoms with Crippen LogP contribution in [0.15, 0.2) is 18.2 Å². The first kappa shape index (κ1) is 14.7. The van der Waals surface area contributed by atoms with Gasteiger partial charge in [0.25, 0.3) is 0 Å². The van der Waals surface area contributed by atoms with Crippen molar-refractivity contribution in [2.75, 3.05) is 40.3 Å². The summed E-state index contributed by atoms with van der Waals surface area (Å²) in [6.45, 7) is 5.45. The van der Waals surface area contributed by atoms with Crippen molar-refractivity contribution >= 4 is 0 Å². The highest BCUT2D eigenvalue weighted by Crippen LogP contribution is 2.39. The molecule has 2 fully saturated rings. The molecule has 0 saturated carbocycles. The molecular weight excluding hydrogens is 264 g/mol. The van der Waals surface area contributed by atoms with E-state index in [9.17, 15) is 5.11 Å². The topological polar surface area (TPSA) is 35.9 Å². The van der Waals surface area contributed by atoms with Gasteiger partial charge in [-0.05, 0) is 56.9 Å². The van der Waals surface area contributed by atoms with E-state index >= 15 is 0 Å². The van der Waals surface area contributed by atoms with E-state index < -0.39 is 0 Å². The van der Waals surface area contributed by atoms with Gasteiger partial charge < -0.3 is 14.7 Å². The highest BCUT2D eigenvalue weighted by atomic mass is 16.5. The second-order valence-electron chi connectivity index (χ2n) is 6.76. The molecule has 1 atom stereocenters. The summed E-state index contributed by atoms with van der Waals surface area (Å²) in [6, 6.07) is 5.51. The zero-order chi connectivity index (χ0) is 14.9. The average molecular weight is 290 g/mol. The molecule has 0 aromatic heterocycles. The van der Waals surface area contributed by atoms with Gasteiger partial charge in [-0.1, -0.05) is 6.07 Å². The highest BCUT2D eigenvalue weighted by Gasteiger charge is 2.40. The first-order valence-corrected chi connectivity index (χ1v) is 7.88. The van der Waals surface area contributed by atoms with Crippen LogP contribution in [0.1, 0.15) is 24.8 Å². The lowest BCUT2D eigenvalue weighted by molar-refractivity contribution is 0.0886. The Hall–Kier alpha value is -1.26. The molecule has 1 unspecified atom stereocenters. The van der Waals surface area contributed by atoms with Crippen molar-refractivity contribution in [3.63, 3.8) is 0 Å². The lowest BCUT2D eigenvalue weighted by Gasteiger charge is -2.40. The molecule has 1 spiro atoms. The predicted octanol–water partition coefficient (Wildman–Crippen LogP) is 2.32. The van der Waals surface area contributed by atoms with E-state index in [-0.39, 0.29) is 0 Å². The molecule has 1 aromatic carbocycles. The number of phenolic OH excluding ortho intramolecular Hbond substituents is 1. The summed E-state index contributed by atoms with van der Waals surface area (Å²) in [5.74, 6) is 1.13. The quantitative estimate of drug-likeness (QED) is 0.927. The largest absolute Gasteiger partial charge is 0.507 e. The number of aromatic hydroxyl groups is 1. The third kappa shape index (κ3) is 3.01. The van der Waals surface area contributed by atoms with Crippen LogP contribution < -0.4 is 4.74 Å². The summed E-state index contributed by atoms with van der Waals surface area (Å²) in [6.07, 6.45) is 3.90. The Bertz CT molecular complexity index is 502. The van der Waals surface area contributed by atoms with E-state index in [1.165, 1.54) is 32.4 Å². The molecule has 0 aliphatic carbocycles. The van der Waals surface area contributed by atoms with Crippen LogP contribution in [0.25, 0.3) is 0 Å². The fourth-order valence-electron chi connectivity index (χ4n) is 4.06. The monoisotopic (exact) mass is 290 g/mol. The summed E-state index contributed by atoms with van der Waals surface area (Å²) >= 11 is 0. The third-order valence-electron chi connectivity index (χ3n) is 5.08. The first-order valence-electron chi connectivity index (χ1n) is 7.88. The summed E-state index contributed by atoms with van der Waals surface area (Å²) in [5.41, 5.74) is 1.38. The zero-order valence-electron chi connectivity index (χ0n) is 13.1. The molecule has 0 bridgehead atoms. The van der Waals surface area contributed by atoms with Crippen LogP contribution in [0.3, 0.4) is 0 Å². The SMILES string of the molecule is COc1cccc(O)c1CN1CCCC2(CCN(C)C2)C1. The van der Waals surface area contributed by atoms with Crippen molar-refractivity contribution < 1.29 is 9.84 Å². The van der Waals surface area contributed by atoms with Crippen molar-refractivity contribution in [1.82, 2.24) is 9.80 Å². The smallest absolute Gasteiger partial charge is 0.127 e. The molecule has 4 nitrogen and oxygen atoms in total. The summed E-state index contributed by atoms with van der Waals surface area (Å²) in [4.78, 5) is 4.93. The molecule has 2 heterocycles. The van der Waals surface area contributed by atoms with E-state index in [2.05, 4.69) is 16.8 Å². The van der Waals surface area contributed by atoms with Gasteiger partial charge in [-0.2, -0.15) is 0 Å². The van der Waals surface area contributed by atoms with Gasteiger partial charge in [-0.15, -0.1) is 0 Å². The number of phenols is 1. The van der Waals surface area contributed by atoms with E-state index in [1.807, 2.05) is 12.1 Å². The maximum Gasteiger partial charge on any atom is 0.127 e. The van der Waals surface area contributed by atoms with E-state index in [1.54, 1.807) is 13.2 Å². The second-order valence-corrected chi connectivity index (χ2v) is 6.76. The van der Waals surface area contributed by atoms with Gasteiger partial charge in [0.05, 0.1) is 7.11 Å². The number of methoxy groups -OCH3 is 1. The number of rotatable bonds is 3. The average Bonchev–Trinajstić information content (AvgIpc) is 2.82. The van der Waals surface area contributed by atoms with Gasteiger partial charge in [-0.25, -0.2) is 0 Å². The number of benzene rings is 1. The molecule has 4 heteroatoms. The maximum atomic E-state index is 10.1. The van der Waals surface area contributed by atoms with E-state index in [4.69, 9.17) is 4.74 Å². The Morgan fingerprint density at radius 2 is 2.10 bits per heavy atom. The summed E-state index contributed by atoms with van der Waals surface area (Å²) in [5, 5.41) is 10.1. The van der Waals surface area contributed by atoms with Crippen molar-refractivity contribution in [3.05, 3.63) is 23.8 Å². The van der Waals surface area contributed by atoms with Gasteiger partial charge in [0.15, 0.2) is 0 Å². The standard InChI is InChI=1S/C17H26N2O2/c1-18-10-8-17(12-18)7-4-9-19(13-17)11-14-15(20)5-3-6-16(14)21-2/h3,5-6,20H,4,7-13H2,1-2H3. The van der Waals surface area contributed by atoms with E-state index in [0.717, 1.165) is 30.9 Å². The van der Waals surface area contributed by atoms with Crippen LogP contribution in [0.2, 0.25) is 0 Å². The Morgan fingerprint density at radius 3 is 2.81 bits per heavy atom. The summed E-state index contributed by atoms with van der Waals surface area (Å²) in [7, 11) is 3.89. The number of hydrogen-bond donors (Lipinski definition) is 1. The fraction of sp³-hybridized carbons (Fsp3) is 0.647. The van der Waals surface area contributed by atoms with Crippen molar-refractivity contribution in [2.45, 2.75) is 25.8 Å². The lowest BCUT2D eigenvalue weighted by Crippen LogP contribution is -2.44. The van der Waals surface area contributed by atoms with Gasteiger partial charge in [0.2, 0.25) is 0 Å². The molecule has 116 valence electrons. The van der Waals surface area contributed by atoms with E-state index in [0.29, 0.717) is 11.2 Å². The van der Waals surface area contributed by atoms with Crippen LogP contribution in [0.5, 0.6) is 11.5 Å². The Kier molecular flexibility index (Phi) is 4.09. The zero-order valence-corrected chi connectivity index (χ0v) is 13.1. The van der Waals surface area contributed by atoms with Crippen LogP contribution in [0.4, 0.5) is 0 Å². The second kappa shape index (κ2) is 5.85. The number of ether oxygens (including phenoxy) is 1. The van der Waals surface area contributed by atoms with Gasteiger partial charge in [-0.3, -0.25) is 4.90 Å². The van der Waals surface area contributed by atoms with Gasteiger partial charge in [0.1, 0.15) is 11.5 Å². The fourth-order valence-corrected chi connectivity index (χ4v) is 4.06. The number of hydrogen-bond acceptors (Lipinski definition) is 4. The lowest BCUT2D eigenvalue weighted by atomic mass is 9.79. The van der Waals surface area contributed by atoms with Crippen LogP contribution in [-0.2, 0) is 6.54 Å². The van der Waals surface area contributed by atoms with Crippen LogP contribution in [0, 0.1) is 5.41 Å². The Morgan fingerprint density at radius 1 is 1.24 bits per heavy atom. The Balaban J connectivity index is 1.73. The minimum Gasteiger partial charge on any atom is -0.507 e. The molecule has 1 aromatic rings. The number of piperidine rings is 1. The van der Waals surface area contributed by atoms with Crippen molar-refractivity contribution in [2.24, 2.45) is 5.41 Å². The highest BCUT2D eigenvalue weighted by molar-refractivity contribution is 5.43. The molecule has 2 aliphatic heterocycles. The van der Waals surface area contributed by atoms with Crippen molar-refractivity contribution in [3.8, 4) is 11.5 Å². The molecule has 1 N–H and O–H groups in total. The maximum absolute atomic E-state index is 10.1. The van der Waals surface area contributed by atoms with Crippen LogP contribution >= 0.6 is 0 Å². The number of nitrogens with zero attached hydrogens (tertiary/aromatic N) is 2. The predicted molar refractivity (Wildman–Crippen MR) is 83.7 cm³/mol. The third-order valence-corrected chi connectivity index (χ3v) is 5.08. The Labute approximate surface area is 127 Å². The molecule has 21 heavy (non-hydrogen) atoms. The molecular formula is C17H26N2O2.